The molecule has 4 atom stereocenters. The van der Waals surface area contributed by atoms with Gasteiger partial charge >= 0.3 is 30.4 Å². The van der Waals surface area contributed by atoms with Gasteiger partial charge in [0.15, 0.2) is 13.9 Å². The summed E-state index contributed by atoms with van der Waals surface area (Å²) in [5.74, 6) is -10.4. The lowest BCUT2D eigenvalue weighted by Crippen LogP contribution is -2.74. The molecule has 4 unspecified atom stereocenters. The fourth-order valence-electron chi connectivity index (χ4n) is 4.66. The van der Waals surface area contributed by atoms with Crippen molar-refractivity contribution < 1.29 is 67.4 Å². The van der Waals surface area contributed by atoms with Crippen molar-refractivity contribution in [2.24, 2.45) is 5.41 Å². The number of hydrogen-bond donors (Lipinski definition) is 1. The van der Waals surface area contributed by atoms with Gasteiger partial charge in [0.05, 0.1) is 0 Å². The molecule has 4 nitrogen and oxygen atoms in total. The number of halogens is 11. The largest absolute Gasteiger partial charge is 0.459 e. The number of ether oxygens (including phenoxy) is 1. The van der Waals surface area contributed by atoms with E-state index in [1.165, 1.54) is 0 Å². The maximum absolute atomic E-state index is 16.6. The highest BCUT2D eigenvalue weighted by Gasteiger charge is 2.86. The van der Waals surface area contributed by atoms with Crippen LogP contribution in [-0.4, -0.2) is 55.0 Å². The summed E-state index contributed by atoms with van der Waals surface area (Å²) in [5.41, 5.74) is -16.1. The third kappa shape index (κ3) is 11.5. The Morgan fingerprint density at radius 2 is 1.12 bits per heavy atom. The average molecular weight is 759 g/mol. The van der Waals surface area contributed by atoms with Crippen molar-refractivity contribution in [2.45, 2.75) is 166 Å². The zero-order valence-electron chi connectivity index (χ0n) is 25.1. The molecule has 0 heterocycles. The Kier molecular flexibility index (Phi) is 21.8. The van der Waals surface area contributed by atoms with E-state index in [9.17, 15) is 36.2 Å². The number of alkyl halides is 11. The molecule has 49 heavy (non-hydrogen) atoms. The zero-order chi connectivity index (χ0) is 34.5. The van der Waals surface area contributed by atoms with Crippen LogP contribution < -0.4 is 0 Å². The molecule has 0 bridgehead atoms. The van der Waals surface area contributed by atoms with E-state index in [1.54, 1.807) is 0 Å². The second-order valence-electron chi connectivity index (χ2n) is 12.7. The zero-order valence-corrected chi connectivity index (χ0v) is 26.1. The number of aliphatic hydroxyl groups is 1. The third-order valence-corrected chi connectivity index (χ3v) is 7.89. The number of hydrogen-bond acceptors (Lipinski definition) is 4. The Hall–Kier alpha value is -1.94. The first kappa shape index (κ1) is 59.2. The lowest BCUT2D eigenvalue weighted by molar-refractivity contribution is -0.387. The molecule has 1 aromatic rings. The van der Waals surface area contributed by atoms with Crippen LogP contribution in [-0.2, 0) is 19.6 Å². The predicted molar refractivity (Wildman–Crippen MR) is 178 cm³/mol. The molecule has 0 aliphatic carbocycles. The molecule has 0 aliphatic rings. The SMILES string of the molecule is C.C.C.C.C.C.CCC(C(=O)OC(C)(C)C)(C(F)(F)F)C(F)(F)C(CC(C)c1ccc(C(C)(O)C(F)(F)F)cc1)(O[Si](C)(C)C)C(F)(F)F. The average Bonchev–Trinajstić information content (AvgIpc) is 2.74. The van der Waals surface area contributed by atoms with E-state index in [1.807, 2.05) is 0 Å². The number of rotatable bonds is 10. The monoisotopic (exact) mass is 758 g/mol. The first-order valence-electron chi connectivity index (χ1n) is 13.1. The minimum absolute atomic E-state index is 0. The second kappa shape index (κ2) is 18.0. The van der Waals surface area contributed by atoms with Crippen molar-refractivity contribution in [2.75, 3.05) is 0 Å². The topological polar surface area (TPSA) is 55.8 Å². The van der Waals surface area contributed by atoms with E-state index in [2.05, 4.69) is 4.74 Å². The molecule has 1 aromatic carbocycles. The molecule has 0 radical (unpaired) electrons. The quantitative estimate of drug-likeness (QED) is 0.147. The molecule has 0 amide bonds. The first-order valence-corrected chi connectivity index (χ1v) is 16.5. The van der Waals surface area contributed by atoms with E-state index in [4.69, 9.17) is 4.43 Å². The first-order chi connectivity index (χ1) is 18.7. The van der Waals surface area contributed by atoms with Gasteiger partial charge in [-0.05, 0) is 77.2 Å². The smallest absolute Gasteiger partial charge is 0.422 e. The van der Waals surface area contributed by atoms with E-state index >= 15 is 22.0 Å². The fourth-order valence-corrected chi connectivity index (χ4v) is 6.03. The number of benzene rings is 1. The maximum atomic E-state index is 16.6. The van der Waals surface area contributed by atoms with Gasteiger partial charge in [-0.1, -0.05) is 82.7 Å². The van der Waals surface area contributed by atoms with E-state index in [-0.39, 0.29) is 50.1 Å². The minimum Gasteiger partial charge on any atom is -0.459 e. The highest BCUT2D eigenvalue weighted by atomic mass is 28.4. The summed E-state index contributed by atoms with van der Waals surface area (Å²) < 4.78 is 172. The van der Waals surface area contributed by atoms with Crippen molar-refractivity contribution in [1.29, 1.82) is 0 Å². The minimum atomic E-state index is -6.26. The highest BCUT2D eigenvalue weighted by Crippen LogP contribution is 2.63. The Balaban J connectivity index is -0.000000770. The van der Waals surface area contributed by atoms with Gasteiger partial charge in [0.25, 0.3) is 0 Å². The summed E-state index contributed by atoms with van der Waals surface area (Å²) in [4.78, 5) is 13.0. The van der Waals surface area contributed by atoms with Crippen LogP contribution in [0.3, 0.4) is 0 Å². The lowest BCUT2D eigenvalue weighted by atomic mass is 9.67. The van der Waals surface area contributed by atoms with Crippen LogP contribution in [0.2, 0.25) is 19.6 Å². The van der Waals surface area contributed by atoms with Gasteiger partial charge in [0.2, 0.25) is 11.0 Å². The van der Waals surface area contributed by atoms with Crippen LogP contribution >= 0.6 is 0 Å². The number of carbonyl (C=O) groups is 1. The fraction of sp³-hybridized carbons (Fsp3) is 0.788. The van der Waals surface area contributed by atoms with Crippen LogP contribution in [0.4, 0.5) is 48.3 Å². The summed E-state index contributed by atoms with van der Waals surface area (Å²) in [6.07, 6.45) is -21.3. The Labute approximate surface area is 288 Å². The van der Waals surface area contributed by atoms with Gasteiger partial charge in [0, 0.05) is 0 Å². The Bertz CT molecular complexity index is 1120. The van der Waals surface area contributed by atoms with Crippen molar-refractivity contribution >= 4 is 14.3 Å². The van der Waals surface area contributed by atoms with Crippen LogP contribution in [0.25, 0.3) is 0 Å². The van der Waals surface area contributed by atoms with Gasteiger partial charge in [-0.3, -0.25) is 4.79 Å². The maximum Gasteiger partial charge on any atom is 0.422 e. The van der Waals surface area contributed by atoms with E-state index in [0.29, 0.717) is 26.0 Å². The molecule has 1 N–H and O–H groups in total. The standard InChI is InChI=1S/C27H37F11O4Si.6CH4/c1-10-22(26(33,34)35,19(39)41-20(3,4)5)24(28,29)23(27(36,37)38,42-43(7,8)9)15-16(2)17-11-13-18(14-12-17)21(6,40)25(30,31)32;;;;;;/h11-14,16,40H,10,15H2,1-9H3;6*1H4. The molecule has 0 aromatic heterocycles. The summed E-state index contributed by atoms with van der Waals surface area (Å²) in [6.45, 7) is 8.11. The molecule has 0 fully saturated rings. The number of carbonyl (C=O) groups excluding carboxylic acids is 1. The van der Waals surface area contributed by atoms with Crippen molar-refractivity contribution in [3.05, 3.63) is 35.4 Å². The predicted octanol–water partition coefficient (Wildman–Crippen LogP) is 12.9. The van der Waals surface area contributed by atoms with Gasteiger partial charge in [-0.2, -0.15) is 39.5 Å². The third-order valence-electron chi connectivity index (χ3n) is 6.93. The van der Waals surface area contributed by atoms with Gasteiger partial charge in [-0.25, -0.2) is 8.78 Å². The summed E-state index contributed by atoms with van der Waals surface area (Å²) in [5, 5.41) is 9.87. The van der Waals surface area contributed by atoms with E-state index in [0.717, 1.165) is 59.5 Å². The van der Waals surface area contributed by atoms with Gasteiger partial charge in [-0.15, -0.1) is 0 Å². The molecular weight excluding hydrogens is 697 g/mol. The molecule has 1 rings (SSSR count). The molecule has 0 spiro atoms. The van der Waals surface area contributed by atoms with Gasteiger partial charge < -0.3 is 14.3 Å². The normalized spacial score (nSPS) is 16.8. The van der Waals surface area contributed by atoms with Crippen LogP contribution in [0.15, 0.2) is 24.3 Å². The van der Waals surface area contributed by atoms with Crippen molar-refractivity contribution in [3.8, 4) is 0 Å². The molecule has 16 heteroatoms. The number of esters is 1. The highest BCUT2D eigenvalue weighted by molar-refractivity contribution is 6.69. The Morgan fingerprint density at radius 1 is 0.735 bits per heavy atom. The second-order valence-corrected chi connectivity index (χ2v) is 17.1. The van der Waals surface area contributed by atoms with Gasteiger partial charge in [0.1, 0.15) is 5.60 Å². The van der Waals surface area contributed by atoms with Crippen LogP contribution in [0.1, 0.15) is 116 Å². The molecule has 0 saturated carbocycles. The molecule has 298 valence electrons. The van der Waals surface area contributed by atoms with Crippen molar-refractivity contribution in [1.82, 2.24) is 0 Å². The van der Waals surface area contributed by atoms with Crippen molar-refractivity contribution in [3.63, 3.8) is 0 Å². The Morgan fingerprint density at radius 3 is 1.39 bits per heavy atom. The molecular formula is C33H61F11O4Si. The summed E-state index contributed by atoms with van der Waals surface area (Å²) in [7, 11) is -3.84. The van der Waals surface area contributed by atoms with Crippen LogP contribution in [0.5, 0.6) is 0 Å². The lowest BCUT2D eigenvalue weighted by Gasteiger charge is -2.52. The summed E-state index contributed by atoms with van der Waals surface area (Å²) >= 11 is 0. The molecule has 0 saturated heterocycles. The molecule has 0 aliphatic heterocycles. The summed E-state index contributed by atoms with van der Waals surface area (Å²) in [6, 6.07) is 3.08. The van der Waals surface area contributed by atoms with E-state index < -0.39 is 85.3 Å². The van der Waals surface area contributed by atoms with Crippen LogP contribution in [0, 0.1) is 5.41 Å².